The molecule has 0 saturated carbocycles. The molecule has 1 atom stereocenters. The number of alkyl halides is 3. The number of aliphatic hydroxyl groups excluding tert-OH is 1. The first kappa shape index (κ1) is 14.0. The summed E-state index contributed by atoms with van der Waals surface area (Å²) in [7, 11) is 0. The first-order chi connectivity index (χ1) is 6.91. The molecule has 0 aromatic carbocycles. The van der Waals surface area contributed by atoms with Gasteiger partial charge in [-0.25, -0.2) is 0 Å². The number of nitrogens with one attached hydrogen (secondary N) is 1. The second kappa shape index (κ2) is 6.49. The van der Waals surface area contributed by atoms with E-state index >= 15 is 0 Å². The highest BCUT2D eigenvalue weighted by molar-refractivity contribution is 5.08. The van der Waals surface area contributed by atoms with Crippen LogP contribution >= 0.6 is 0 Å². The van der Waals surface area contributed by atoms with Crippen LogP contribution in [-0.2, 0) is 0 Å². The van der Waals surface area contributed by atoms with Gasteiger partial charge in [-0.2, -0.15) is 13.2 Å². The molecule has 0 aromatic heterocycles. The van der Waals surface area contributed by atoms with Crippen LogP contribution in [0.4, 0.5) is 13.2 Å². The van der Waals surface area contributed by atoms with Crippen LogP contribution in [0.3, 0.4) is 0 Å². The van der Waals surface area contributed by atoms with Crippen molar-refractivity contribution in [2.24, 2.45) is 0 Å². The van der Waals surface area contributed by atoms with Crippen LogP contribution in [0.15, 0.2) is 23.6 Å². The summed E-state index contributed by atoms with van der Waals surface area (Å²) in [5, 5.41) is 11.4. The van der Waals surface area contributed by atoms with Gasteiger partial charge in [0, 0.05) is 12.6 Å². The molecule has 0 aliphatic heterocycles. The predicted molar refractivity (Wildman–Crippen MR) is 51.4 cm³/mol. The summed E-state index contributed by atoms with van der Waals surface area (Å²) in [6.07, 6.45) is -4.61. The van der Waals surface area contributed by atoms with Gasteiger partial charge in [0.15, 0.2) is 0 Å². The average molecular weight is 221 g/mol. The summed E-state index contributed by atoms with van der Waals surface area (Å²) in [5.74, 6) is 0. The highest BCUT2D eigenvalue weighted by Crippen LogP contribution is 2.26. The maximum absolute atomic E-state index is 12.3. The van der Waals surface area contributed by atoms with Crippen LogP contribution in [0.2, 0.25) is 0 Å². The summed E-state index contributed by atoms with van der Waals surface area (Å²) >= 11 is 0. The van der Waals surface area contributed by atoms with Gasteiger partial charge in [0.05, 0.1) is 12.2 Å². The summed E-state index contributed by atoms with van der Waals surface area (Å²) < 4.78 is 36.8. The van der Waals surface area contributed by atoms with E-state index in [-0.39, 0.29) is 25.6 Å². The molecule has 0 saturated heterocycles. The topological polar surface area (TPSA) is 32.3 Å². The number of hydrogen-bond acceptors (Lipinski definition) is 2. The monoisotopic (exact) mass is 221 g/mol. The van der Waals surface area contributed by atoms with Crippen LogP contribution in [-0.4, -0.2) is 30.5 Å². The molecule has 0 amide bonds. The quantitative estimate of drug-likeness (QED) is 0.693. The third-order valence-corrected chi connectivity index (χ3v) is 1.72. The third-order valence-electron chi connectivity index (χ3n) is 1.72. The smallest absolute Gasteiger partial charge is 0.395 e. The molecule has 0 aliphatic rings. The van der Waals surface area contributed by atoms with Crippen LogP contribution in [0.5, 0.6) is 0 Å². The lowest BCUT2D eigenvalue weighted by Gasteiger charge is -2.12. The molecule has 0 spiro atoms. The Morgan fingerprint density at radius 1 is 1.53 bits per heavy atom. The van der Waals surface area contributed by atoms with Crippen molar-refractivity contribution in [1.82, 2.24) is 5.32 Å². The molecular weight excluding hydrogens is 207 g/mol. The lowest BCUT2D eigenvalue weighted by molar-refractivity contribution is -0.0937. The zero-order valence-electron chi connectivity index (χ0n) is 8.49. The Morgan fingerprint density at radius 2 is 2.13 bits per heavy atom. The summed E-state index contributed by atoms with van der Waals surface area (Å²) in [6, 6.07) is -0.216. The molecule has 1 unspecified atom stereocenters. The fourth-order valence-corrected chi connectivity index (χ4v) is 0.890. The second-order valence-corrected chi connectivity index (χ2v) is 3.07. The highest BCUT2D eigenvalue weighted by atomic mass is 19.4. The van der Waals surface area contributed by atoms with Gasteiger partial charge in [-0.1, -0.05) is 11.5 Å². The molecule has 0 radical (unpaired) electrons. The fraction of sp³-hybridized carbons (Fsp3) is 0.600. The molecule has 0 heterocycles. The molecule has 2 N–H and O–H groups in total. The van der Waals surface area contributed by atoms with Gasteiger partial charge in [-0.05, 0) is 19.9 Å². The van der Waals surface area contributed by atoms with Crippen molar-refractivity contribution in [1.29, 1.82) is 0 Å². The molecule has 5 heteroatoms. The normalized spacial score (nSPS) is 12.9. The standard InChI is InChI=1S/C10H14F3NO/c1-3-4-9(10(11,12)13)5-6-14-8(2)7-15/h8,14-15H,1,5-7H2,2H3. The van der Waals surface area contributed by atoms with E-state index in [1.807, 2.05) is 11.5 Å². The van der Waals surface area contributed by atoms with Gasteiger partial charge in [0.2, 0.25) is 0 Å². The van der Waals surface area contributed by atoms with Crippen molar-refractivity contribution in [3.8, 4) is 0 Å². The molecule has 0 rings (SSSR count). The van der Waals surface area contributed by atoms with Crippen molar-refractivity contribution < 1.29 is 18.3 Å². The van der Waals surface area contributed by atoms with E-state index < -0.39 is 11.7 Å². The molecule has 15 heavy (non-hydrogen) atoms. The van der Waals surface area contributed by atoms with Crippen LogP contribution in [0, 0.1) is 0 Å². The van der Waals surface area contributed by atoms with E-state index in [9.17, 15) is 13.2 Å². The Labute approximate surface area is 86.8 Å². The van der Waals surface area contributed by atoms with Crippen molar-refractivity contribution in [2.45, 2.75) is 25.6 Å². The first-order valence-corrected chi connectivity index (χ1v) is 4.47. The molecule has 0 aromatic rings. The Kier molecular flexibility index (Phi) is 6.06. The van der Waals surface area contributed by atoms with Crippen molar-refractivity contribution in [3.63, 3.8) is 0 Å². The van der Waals surface area contributed by atoms with Gasteiger partial charge >= 0.3 is 6.18 Å². The number of aliphatic hydroxyl groups is 1. The van der Waals surface area contributed by atoms with Gasteiger partial charge < -0.3 is 10.4 Å². The Bertz CT molecular complexity index is 273. The summed E-state index contributed by atoms with van der Waals surface area (Å²) in [5.41, 5.74) is 3.14. The van der Waals surface area contributed by atoms with E-state index in [4.69, 9.17) is 5.11 Å². The summed E-state index contributed by atoms with van der Waals surface area (Å²) in [4.78, 5) is 0. The molecular formula is C10H14F3NO. The van der Waals surface area contributed by atoms with E-state index in [2.05, 4.69) is 11.9 Å². The zero-order chi connectivity index (χ0) is 11.9. The minimum absolute atomic E-state index is 0.109. The number of rotatable bonds is 5. The average Bonchev–Trinajstić information content (AvgIpc) is 2.14. The molecule has 2 nitrogen and oxygen atoms in total. The Hall–Kier alpha value is -0.990. The van der Waals surface area contributed by atoms with Crippen LogP contribution < -0.4 is 5.32 Å². The largest absolute Gasteiger partial charge is 0.420 e. The first-order valence-electron chi connectivity index (χ1n) is 4.47. The lowest BCUT2D eigenvalue weighted by Crippen LogP contribution is -2.31. The summed E-state index contributed by atoms with van der Waals surface area (Å²) in [6.45, 7) is 4.76. The molecule has 86 valence electrons. The third kappa shape index (κ3) is 6.15. The van der Waals surface area contributed by atoms with Gasteiger partial charge in [0.25, 0.3) is 0 Å². The fourth-order valence-electron chi connectivity index (χ4n) is 0.890. The van der Waals surface area contributed by atoms with Gasteiger partial charge in [-0.3, -0.25) is 0 Å². The zero-order valence-corrected chi connectivity index (χ0v) is 8.49. The van der Waals surface area contributed by atoms with Crippen LogP contribution in [0.25, 0.3) is 0 Å². The highest BCUT2D eigenvalue weighted by Gasteiger charge is 2.33. The Morgan fingerprint density at radius 3 is 2.53 bits per heavy atom. The van der Waals surface area contributed by atoms with Crippen molar-refractivity contribution in [2.75, 3.05) is 13.2 Å². The SMILES string of the molecule is C=C=C=C(CCNC(C)CO)C(F)(F)F. The number of hydrogen-bond donors (Lipinski definition) is 2. The molecule has 0 aliphatic carbocycles. The van der Waals surface area contributed by atoms with E-state index in [0.29, 0.717) is 0 Å². The van der Waals surface area contributed by atoms with Crippen molar-refractivity contribution in [3.05, 3.63) is 23.6 Å². The minimum atomic E-state index is -4.39. The van der Waals surface area contributed by atoms with E-state index in [1.54, 1.807) is 6.92 Å². The van der Waals surface area contributed by atoms with Crippen LogP contribution in [0.1, 0.15) is 13.3 Å². The second-order valence-electron chi connectivity index (χ2n) is 3.07. The maximum Gasteiger partial charge on any atom is 0.420 e. The lowest BCUT2D eigenvalue weighted by atomic mass is 10.2. The van der Waals surface area contributed by atoms with E-state index in [1.165, 1.54) is 0 Å². The van der Waals surface area contributed by atoms with Gasteiger partial charge in [0.1, 0.15) is 0 Å². The van der Waals surface area contributed by atoms with Gasteiger partial charge in [-0.15, -0.1) is 0 Å². The Balaban J connectivity index is 4.24. The predicted octanol–water partition coefficient (Wildman–Crippen LogP) is 1.78. The van der Waals surface area contributed by atoms with Crippen molar-refractivity contribution >= 4 is 0 Å². The minimum Gasteiger partial charge on any atom is -0.395 e. The molecule has 0 fully saturated rings. The maximum atomic E-state index is 12.3. The number of halogens is 3. The molecule has 0 bridgehead atoms. The van der Waals surface area contributed by atoms with E-state index in [0.717, 1.165) is 0 Å².